The third kappa shape index (κ3) is 2.76. The summed E-state index contributed by atoms with van der Waals surface area (Å²) in [6.07, 6.45) is 0.227. The molecule has 0 bridgehead atoms. The topological polar surface area (TPSA) is 0 Å². The SMILES string of the molecule is CC1=CC=C(C(F)(F)F)CC(C)=C1. The summed E-state index contributed by atoms with van der Waals surface area (Å²) < 4.78 is 36.9. The summed E-state index contributed by atoms with van der Waals surface area (Å²) in [7, 11) is 0. The van der Waals surface area contributed by atoms with Gasteiger partial charge in [0.2, 0.25) is 0 Å². The number of rotatable bonds is 0. The molecule has 0 fully saturated rings. The molecule has 3 heteroatoms. The van der Waals surface area contributed by atoms with E-state index in [2.05, 4.69) is 0 Å². The highest BCUT2D eigenvalue weighted by molar-refractivity contribution is 5.34. The average Bonchev–Trinajstić information content (AvgIpc) is 2.09. The minimum atomic E-state index is -4.20. The van der Waals surface area contributed by atoms with Crippen molar-refractivity contribution in [1.29, 1.82) is 0 Å². The molecule has 72 valence electrons. The van der Waals surface area contributed by atoms with Crippen molar-refractivity contribution in [3.05, 3.63) is 34.9 Å². The number of hydrogen-bond donors (Lipinski definition) is 0. The van der Waals surface area contributed by atoms with Crippen LogP contribution in [0.4, 0.5) is 13.2 Å². The maximum Gasteiger partial charge on any atom is 0.413 e. The highest BCUT2D eigenvalue weighted by atomic mass is 19.4. The highest BCUT2D eigenvalue weighted by Crippen LogP contribution is 2.32. The molecule has 0 aromatic carbocycles. The van der Waals surface area contributed by atoms with Crippen molar-refractivity contribution in [3.63, 3.8) is 0 Å². The summed E-state index contributed by atoms with van der Waals surface area (Å²) in [6, 6.07) is 0. The molecule has 0 saturated heterocycles. The number of allylic oxidation sites excluding steroid dienone is 6. The molecule has 1 aliphatic carbocycles. The van der Waals surface area contributed by atoms with E-state index in [1.807, 2.05) is 0 Å². The minimum Gasteiger partial charge on any atom is -0.166 e. The van der Waals surface area contributed by atoms with Crippen LogP contribution in [-0.2, 0) is 0 Å². The van der Waals surface area contributed by atoms with Gasteiger partial charge in [-0.2, -0.15) is 13.2 Å². The van der Waals surface area contributed by atoms with Crippen molar-refractivity contribution in [3.8, 4) is 0 Å². The lowest BCUT2D eigenvalue weighted by molar-refractivity contribution is -0.0931. The van der Waals surface area contributed by atoms with Gasteiger partial charge in [-0.1, -0.05) is 29.4 Å². The zero-order valence-electron chi connectivity index (χ0n) is 7.57. The van der Waals surface area contributed by atoms with E-state index in [4.69, 9.17) is 0 Å². The molecule has 0 aromatic rings. The predicted molar refractivity (Wildman–Crippen MR) is 46.3 cm³/mol. The second-order valence-electron chi connectivity index (χ2n) is 3.27. The molecule has 0 unspecified atom stereocenters. The number of hydrogen-bond acceptors (Lipinski definition) is 0. The third-order valence-electron chi connectivity index (χ3n) is 1.85. The lowest BCUT2D eigenvalue weighted by Crippen LogP contribution is -2.11. The fourth-order valence-electron chi connectivity index (χ4n) is 1.27. The Bertz CT molecular complexity index is 290. The Morgan fingerprint density at radius 1 is 1.15 bits per heavy atom. The monoisotopic (exact) mass is 188 g/mol. The van der Waals surface area contributed by atoms with Gasteiger partial charge >= 0.3 is 6.18 Å². The zero-order chi connectivity index (χ0) is 10.1. The molecule has 0 N–H and O–H groups in total. The van der Waals surface area contributed by atoms with Crippen LogP contribution in [0.2, 0.25) is 0 Å². The van der Waals surface area contributed by atoms with Gasteiger partial charge < -0.3 is 0 Å². The molecule has 0 saturated carbocycles. The molecule has 0 aliphatic heterocycles. The van der Waals surface area contributed by atoms with Gasteiger partial charge in [0.15, 0.2) is 0 Å². The van der Waals surface area contributed by atoms with Gasteiger partial charge in [0, 0.05) is 5.57 Å². The van der Waals surface area contributed by atoms with Crippen molar-refractivity contribution in [2.45, 2.75) is 26.4 Å². The molecular formula is C10H11F3. The zero-order valence-corrected chi connectivity index (χ0v) is 7.57. The summed E-state index contributed by atoms with van der Waals surface area (Å²) in [5.41, 5.74) is 1.13. The minimum absolute atomic E-state index is 0.00264. The van der Waals surface area contributed by atoms with Gasteiger partial charge in [0.25, 0.3) is 0 Å². The Labute approximate surface area is 75.4 Å². The quantitative estimate of drug-likeness (QED) is 0.542. The summed E-state index contributed by atoms with van der Waals surface area (Å²) >= 11 is 0. The molecule has 0 heterocycles. The molecule has 0 aromatic heterocycles. The normalized spacial score (nSPS) is 18.7. The van der Waals surface area contributed by atoms with Gasteiger partial charge in [-0.05, 0) is 20.3 Å². The van der Waals surface area contributed by atoms with E-state index in [0.717, 1.165) is 17.2 Å². The Morgan fingerprint density at radius 3 is 2.31 bits per heavy atom. The van der Waals surface area contributed by atoms with Gasteiger partial charge in [-0.15, -0.1) is 0 Å². The van der Waals surface area contributed by atoms with Crippen LogP contribution >= 0.6 is 0 Å². The average molecular weight is 188 g/mol. The molecule has 0 nitrogen and oxygen atoms in total. The van der Waals surface area contributed by atoms with Crippen molar-refractivity contribution < 1.29 is 13.2 Å². The smallest absolute Gasteiger partial charge is 0.166 e. The first-order valence-electron chi connectivity index (χ1n) is 4.01. The van der Waals surface area contributed by atoms with Crippen LogP contribution in [0.15, 0.2) is 34.9 Å². The van der Waals surface area contributed by atoms with Gasteiger partial charge in [-0.25, -0.2) is 0 Å². The van der Waals surface area contributed by atoms with Crippen LogP contribution in [0, 0.1) is 0 Å². The fourth-order valence-corrected chi connectivity index (χ4v) is 1.27. The van der Waals surface area contributed by atoms with Gasteiger partial charge in [0.1, 0.15) is 0 Å². The maximum absolute atomic E-state index is 12.3. The van der Waals surface area contributed by atoms with E-state index in [1.165, 1.54) is 6.08 Å². The molecule has 0 radical (unpaired) electrons. The second-order valence-corrected chi connectivity index (χ2v) is 3.27. The van der Waals surface area contributed by atoms with Crippen LogP contribution in [0.3, 0.4) is 0 Å². The first-order valence-corrected chi connectivity index (χ1v) is 4.01. The van der Waals surface area contributed by atoms with E-state index < -0.39 is 11.7 Å². The third-order valence-corrected chi connectivity index (χ3v) is 1.85. The number of halogens is 3. The maximum atomic E-state index is 12.3. The lowest BCUT2D eigenvalue weighted by Gasteiger charge is -2.09. The first kappa shape index (κ1) is 10.1. The number of alkyl halides is 3. The van der Waals surface area contributed by atoms with Crippen molar-refractivity contribution in [2.24, 2.45) is 0 Å². The van der Waals surface area contributed by atoms with Crippen molar-refractivity contribution >= 4 is 0 Å². The molecule has 0 amide bonds. The summed E-state index contributed by atoms with van der Waals surface area (Å²) in [5.74, 6) is 0. The standard InChI is InChI=1S/C10H11F3/c1-7-3-4-9(10(11,12)13)6-8(2)5-7/h3-5H,6H2,1-2H3. The Morgan fingerprint density at radius 2 is 1.77 bits per heavy atom. The van der Waals surface area contributed by atoms with Crippen LogP contribution in [0.1, 0.15) is 20.3 Å². The molecule has 1 aliphatic rings. The van der Waals surface area contributed by atoms with Gasteiger partial charge in [0.05, 0.1) is 0 Å². The Balaban J connectivity index is 2.99. The second kappa shape index (κ2) is 3.40. The molecule has 13 heavy (non-hydrogen) atoms. The molecule has 0 spiro atoms. The van der Waals surface area contributed by atoms with Crippen LogP contribution in [0.25, 0.3) is 0 Å². The van der Waals surface area contributed by atoms with Crippen LogP contribution in [-0.4, -0.2) is 6.18 Å². The van der Waals surface area contributed by atoms with Crippen molar-refractivity contribution in [2.75, 3.05) is 0 Å². The van der Waals surface area contributed by atoms with E-state index >= 15 is 0 Å². The van der Waals surface area contributed by atoms with Gasteiger partial charge in [-0.3, -0.25) is 0 Å². The van der Waals surface area contributed by atoms with E-state index in [1.54, 1.807) is 19.9 Å². The molecular weight excluding hydrogens is 177 g/mol. The first-order chi connectivity index (χ1) is 5.89. The molecule has 1 rings (SSSR count). The van der Waals surface area contributed by atoms with E-state index in [9.17, 15) is 13.2 Å². The summed E-state index contributed by atoms with van der Waals surface area (Å²) in [5, 5.41) is 0. The fraction of sp³-hybridized carbons (Fsp3) is 0.400. The van der Waals surface area contributed by atoms with Crippen molar-refractivity contribution in [1.82, 2.24) is 0 Å². The Kier molecular flexibility index (Phi) is 2.64. The highest BCUT2D eigenvalue weighted by Gasteiger charge is 2.33. The summed E-state index contributed by atoms with van der Waals surface area (Å²) in [6.45, 7) is 3.50. The summed E-state index contributed by atoms with van der Waals surface area (Å²) in [4.78, 5) is 0. The van der Waals surface area contributed by atoms with Crippen LogP contribution < -0.4 is 0 Å². The Hall–Kier alpha value is -0.990. The van der Waals surface area contributed by atoms with Crippen LogP contribution in [0.5, 0.6) is 0 Å². The largest absolute Gasteiger partial charge is 0.413 e. The lowest BCUT2D eigenvalue weighted by atomic mass is 10.1. The van der Waals surface area contributed by atoms with E-state index in [-0.39, 0.29) is 6.42 Å². The van der Waals surface area contributed by atoms with E-state index in [0.29, 0.717) is 0 Å². The molecule has 0 atom stereocenters. The predicted octanol–water partition coefficient (Wildman–Crippen LogP) is 3.77.